The van der Waals surface area contributed by atoms with Crippen molar-refractivity contribution in [3.8, 4) is 11.5 Å². The van der Waals surface area contributed by atoms with Gasteiger partial charge in [0.1, 0.15) is 8.07 Å². The molecule has 3 heteroatoms. The molecule has 108 valence electrons. The van der Waals surface area contributed by atoms with Gasteiger partial charge in [0.15, 0.2) is 0 Å². The topological polar surface area (TPSA) is 40.5 Å². The van der Waals surface area contributed by atoms with Crippen molar-refractivity contribution in [1.29, 1.82) is 0 Å². The van der Waals surface area contributed by atoms with Crippen LogP contribution in [0.3, 0.4) is 0 Å². The smallest absolute Gasteiger partial charge is 0.129 e. The van der Waals surface area contributed by atoms with Gasteiger partial charge in [0.2, 0.25) is 0 Å². The van der Waals surface area contributed by atoms with Crippen molar-refractivity contribution in [3.05, 3.63) is 24.3 Å². The predicted molar refractivity (Wildman–Crippen MR) is 85.6 cm³/mol. The van der Waals surface area contributed by atoms with Crippen LogP contribution in [0.25, 0.3) is 0 Å². The minimum atomic E-state index is -1.30. The Morgan fingerprint density at radius 1 is 1.11 bits per heavy atom. The van der Waals surface area contributed by atoms with Gasteiger partial charge in [-0.15, -0.1) is 5.54 Å². The lowest BCUT2D eigenvalue weighted by Crippen LogP contribution is -2.23. The van der Waals surface area contributed by atoms with Gasteiger partial charge < -0.3 is 10.2 Å². The summed E-state index contributed by atoms with van der Waals surface area (Å²) in [5, 5.41) is 19.4. The highest BCUT2D eigenvalue weighted by atomic mass is 28.3. The molecule has 0 bridgehead atoms. The first-order valence-electron chi connectivity index (χ1n) is 7.09. The van der Waals surface area contributed by atoms with Crippen LogP contribution in [0.4, 0.5) is 0 Å². The molecule has 0 aliphatic rings. The van der Waals surface area contributed by atoms with E-state index >= 15 is 0 Å². The Kier molecular flexibility index (Phi) is 9.59. The maximum atomic E-state index is 9.71. The van der Waals surface area contributed by atoms with Gasteiger partial charge in [-0.3, -0.25) is 0 Å². The van der Waals surface area contributed by atoms with Gasteiger partial charge in [0, 0.05) is 0 Å². The minimum Gasteiger partial charge on any atom is -0.390 e. The van der Waals surface area contributed by atoms with E-state index in [9.17, 15) is 10.2 Å². The number of aliphatic hydroxyl groups is 2. The standard InChI is InChI=1S/C16H28O2Si/c1-5-6-9-12-15(17)16(18)13-10-7-8-11-14-19(2,3)4/h7-8,10,13,15-18H,5-6,9,12H2,1-4H3/b8-7+,13-10+/t15-,16+/m0/s1. The van der Waals surface area contributed by atoms with Crippen molar-refractivity contribution in [3.63, 3.8) is 0 Å². The third kappa shape index (κ3) is 12.0. The fraction of sp³-hybridized carbons (Fsp3) is 0.625. The molecule has 0 spiro atoms. The molecule has 2 nitrogen and oxygen atoms in total. The molecule has 0 aromatic carbocycles. The summed E-state index contributed by atoms with van der Waals surface area (Å²) in [5.74, 6) is 3.01. The van der Waals surface area contributed by atoms with E-state index in [-0.39, 0.29) is 0 Å². The zero-order chi connectivity index (χ0) is 14.7. The molecule has 0 radical (unpaired) electrons. The zero-order valence-corrected chi connectivity index (χ0v) is 13.7. The summed E-state index contributed by atoms with van der Waals surface area (Å²) in [6, 6.07) is 0. The third-order valence-corrected chi connectivity index (χ3v) is 3.44. The van der Waals surface area contributed by atoms with Crippen LogP contribution in [0, 0.1) is 11.5 Å². The lowest BCUT2D eigenvalue weighted by Gasteiger charge is -2.13. The Bertz CT molecular complexity index is 342. The van der Waals surface area contributed by atoms with Crippen molar-refractivity contribution >= 4 is 8.07 Å². The fourth-order valence-corrected chi connectivity index (χ4v) is 1.96. The molecule has 0 aliphatic carbocycles. The van der Waals surface area contributed by atoms with Gasteiger partial charge in [0.05, 0.1) is 12.2 Å². The summed E-state index contributed by atoms with van der Waals surface area (Å²) in [6.07, 6.45) is 9.32. The SMILES string of the molecule is CCCCC[C@H](O)[C@H](O)/C=C/C=C/C#C[Si](C)(C)C. The van der Waals surface area contributed by atoms with Gasteiger partial charge in [-0.05, 0) is 12.5 Å². The highest BCUT2D eigenvalue weighted by Crippen LogP contribution is 2.07. The number of hydrogen-bond donors (Lipinski definition) is 2. The van der Waals surface area contributed by atoms with Crippen LogP contribution in [0.2, 0.25) is 19.6 Å². The zero-order valence-electron chi connectivity index (χ0n) is 12.7. The van der Waals surface area contributed by atoms with Crippen LogP contribution in [0.15, 0.2) is 24.3 Å². The van der Waals surface area contributed by atoms with Gasteiger partial charge in [-0.2, -0.15) is 0 Å². The van der Waals surface area contributed by atoms with Gasteiger partial charge >= 0.3 is 0 Å². The van der Waals surface area contributed by atoms with Gasteiger partial charge in [-0.1, -0.05) is 70.0 Å². The molecule has 0 aromatic heterocycles. The van der Waals surface area contributed by atoms with Crippen LogP contribution in [0.1, 0.15) is 32.6 Å². The molecule has 0 amide bonds. The van der Waals surface area contributed by atoms with E-state index < -0.39 is 20.3 Å². The second-order valence-electron chi connectivity index (χ2n) is 5.82. The molecule has 0 saturated carbocycles. The lowest BCUT2D eigenvalue weighted by atomic mass is 10.1. The number of allylic oxidation sites excluding steroid dienone is 3. The van der Waals surface area contributed by atoms with Crippen molar-refractivity contribution < 1.29 is 10.2 Å². The number of rotatable bonds is 7. The molecule has 2 N–H and O–H groups in total. The molecule has 19 heavy (non-hydrogen) atoms. The monoisotopic (exact) mass is 280 g/mol. The Morgan fingerprint density at radius 3 is 2.37 bits per heavy atom. The molecule has 0 fully saturated rings. The van der Waals surface area contributed by atoms with E-state index in [0.29, 0.717) is 6.42 Å². The maximum absolute atomic E-state index is 9.71. The van der Waals surface area contributed by atoms with Crippen molar-refractivity contribution in [1.82, 2.24) is 0 Å². The van der Waals surface area contributed by atoms with Crippen LogP contribution in [0.5, 0.6) is 0 Å². The summed E-state index contributed by atoms with van der Waals surface area (Å²) in [6.45, 7) is 8.70. The van der Waals surface area contributed by atoms with Crippen LogP contribution in [-0.2, 0) is 0 Å². The fourth-order valence-electron chi connectivity index (χ4n) is 1.44. The highest BCUT2D eigenvalue weighted by molar-refractivity contribution is 6.83. The Hall–Kier alpha value is -0.823. The molecule has 0 aromatic rings. The summed E-state index contributed by atoms with van der Waals surface area (Å²) >= 11 is 0. The van der Waals surface area contributed by atoms with Crippen molar-refractivity contribution in [2.75, 3.05) is 0 Å². The summed E-state index contributed by atoms with van der Waals surface area (Å²) in [4.78, 5) is 0. The first kappa shape index (κ1) is 18.2. The molecule has 0 saturated heterocycles. The largest absolute Gasteiger partial charge is 0.390 e. The van der Waals surface area contributed by atoms with Gasteiger partial charge in [0.25, 0.3) is 0 Å². The van der Waals surface area contributed by atoms with E-state index in [1.807, 2.05) is 0 Å². The van der Waals surface area contributed by atoms with Crippen LogP contribution in [-0.4, -0.2) is 30.5 Å². The predicted octanol–water partition coefficient (Wildman–Crippen LogP) is 3.28. The minimum absolute atomic E-state index is 0.651. The second kappa shape index (κ2) is 10.0. The number of unbranched alkanes of at least 4 members (excludes halogenated alkanes) is 2. The Labute approximate surface area is 119 Å². The second-order valence-corrected chi connectivity index (χ2v) is 10.6. The summed E-state index contributed by atoms with van der Waals surface area (Å²) in [7, 11) is -1.30. The molecular weight excluding hydrogens is 252 g/mol. The van der Waals surface area contributed by atoms with E-state index in [0.717, 1.165) is 19.3 Å². The Balaban J connectivity index is 4.03. The van der Waals surface area contributed by atoms with Crippen molar-refractivity contribution in [2.24, 2.45) is 0 Å². The highest BCUT2D eigenvalue weighted by Gasteiger charge is 2.11. The van der Waals surface area contributed by atoms with E-state index in [1.54, 1.807) is 24.3 Å². The maximum Gasteiger partial charge on any atom is 0.129 e. The summed E-state index contributed by atoms with van der Waals surface area (Å²) < 4.78 is 0. The first-order valence-corrected chi connectivity index (χ1v) is 10.6. The normalized spacial score (nSPS) is 15.5. The van der Waals surface area contributed by atoms with E-state index in [2.05, 4.69) is 38.0 Å². The average molecular weight is 280 g/mol. The third-order valence-electron chi connectivity index (χ3n) is 2.54. The Morgan fingerprint density at radius 2 is 1.79 bits per heavy atom. The van der Waals surface area contributed by atoms with Gasteiger partial charge in [-0.25, -0.2) is 0 Å². The molecule has 0 unspecified atom stereocenters. The van der Waals surface area contributed by atoms with Crippen LogP contribution < -0.4 is 0 Å². The average Bonchev–Trinajstić information content (AvgIpc) is 2.32. The molecular formula is C16H28O2Si. The van der Waals surface area contributed by atoms with E-state index in [1.165, 1.54) is 0 Å². The molecule has 2 atom stereocenters. The number of hydrogen-bond acceptors (Lipinski definition) is 2. The van der Waals surface area contributed by atoms with E-state index in [4.69, 9.17) is 0 Å². The lowest BCUT2D eigenvalue weighted by molar-refractivity contribution is 0.0415. The molecule has 0 rings (SSSR count). The molecule has 0 aliphatic heterocycles. The quantitative estimate of drug-likeness (QED) is 0.325. The summed E-state index contributed by atoms with van der Waals surface area (Å²) in [5.41, 5.74) is 3.22. The number of aliphatic hydroxyl groups excluding tert-OH is 2. The molecule has 0 heterocycles. The van der Waals surface area contributed by atoms with Crippen molar-refractivity contribution in [2.45, 2.75) is 64.5 Å². The van der Waals surface area contributed by atoms with Crippen LogP contribution >= 0.6 is 0 Å². The first-order chi connectivity index (χ1) is 8.87.